The molecule has 0 aliphatic carbocycles. The van der Waals surface area contributed by atoms with E-state index >= 15 is 0 Å². The van der Waals surface area contributed by atoms with Gasteiger partial charge < -0.3 is 20.1 Å². The number of carbonyl (C=O) groups excluding carboxylic acids is 1. The van der Waals surface area contributed by atoms with E-state index in [4.69, 9.17) is 4.74 Å². The number of H-pyrrole nitrogens is 1. The number of allylic oxidation sites excluding steroid dienone is 1. The Bertz CT molecular complexity index is 1220. The molecule has 8 heteroatoms. The number of nitrogens with one attached hydrogen (secondary N) is 2. The highest BCUT2D eigenvalue weighted by Crippen LogP contribution is 2.40. The Kier molecular flexibility index (Phi) is 6.32. The quantitative estimate of drug-likeness (QED) is 0.295. The first kappa shape index (κ1) is 21.7. The molecule has 4 rings (SSSR count). The lowest BCUT2D eigenvalue weighted by Gasteiger charge is -2.28. The van der Waals surface area contributed by atoms with E-state index in [0.717, 1.165) is 5.56 Å². The zero-order chi connectivity index (χ0) is 22.7. The molecule has 1 aliphatic heterocycles. The Morgan fingerprint density at radius 3 is 2.56 bits per heavy atom. The van der Waals surface area contributed by atoms with Crippen molar-refractivity contribution in [1.29, 1.82) is 0 Å². The predicted octanol–water partition coefficient (Wildman–Crippen LogP) is 4.16. The molecule has 1 unspecified atom stereocenters. The van der Waals surface area contributed by atoms with Crippen molar-refractivity contribution in [3.8, 4) is 5.75 Å². The molecule has 1 aliphatic rings. The largest absolute Gasteiger partial charge is 0.508 e. The summed E-state index contributed by atoms with van der Waals surface area (Å²) in [5.41, 5.74) is 2.74. The molecule has 0 bridgehead atoms. The van der Waals surface area contributed by atoms with Gasteiger partial charge in [-0.05, 0) is 37.1 Å². The lowest BCUT2D eigenvalue weighted by Crippen LogP contribution is -2.31. The standard InChI is InChI=1S/C24H23N3O4S/c1-3-31-23(30)18-14(2)25-21-20(19(18)16-9-11-17(28)12-10-16)22(29)27-24(26-21)32-13-15-7-5-4-6-8-15/h4-12,19,28H,3,13H2,1-2H3,(H2,25,26,27,29). The molecule has 0 spiro atoms. The number of fused-ring (bicyclic) bond motifs is 1. The van der Waals surface area contributed by atoms with Crippen LogP contribution in [0.5, 0.6) is 5.75 Å². The number of thioether (sulfide) groups is 1. The van der Waals surface area contributed by atoms with Gasteiger partial charge in [-0.2, -0.15) is 0 Å². The minimum absolute atomic E-state index is 0.0981. The average molecular weight is 450 g/mol. The van der Waals surface area contributed by atoms with E-state index in [1.165, 1.54) is 23.9 Å². The normalized spacial score (nSPS) is 15.1. The number of phenolic OH excluding ortho intramolecular Hbond substituents is 1. The maximum absolute atomic E-state index is 13.2. The average Bonchev–Trinajstić information content (AvgIpc) is 2.78. The summed E-state index contributed by atoms with van der Waals surface area (Å²) >= 11 is 1.43. The van der Waals surface area contributed by atoms with Crippen LogP contribution in [-0.2, 0) is 15.3 Å². The van der Waals surface area contributed by atoms with Gasteiger partial charge in [0.2, 0.25) is 0 Å². The highest BCUT2D eigenvalue weighted by Gasteiger charge is 2.36. The zero-order valence-electron chi connectivity index (χ0n) is 17.7. The molecular formula is C24H23N3O4S. The van der Waals surface area contributed by atoms with Crippen LogP contribution in [0.4, 0.5) is 5.82 Å². The topological polar surface area (TPSA) is 104 Å². The van der Waals surface area contributed by atoms with E-state index in [1.54, 1.807) is 26.0 Å². The molecule has 2 aromatic carbocycles. The Balaban J connectivity index is 1.76. The first-order valence-corrected chi connectivity index (χ1v) is 11.2. The number of ether oxygens (including phenoxy) is 1. The number of aromatic amines is 1. The second-order valence-electron chi connectivity index (χ2n) is 7.32. The fraction of sp³-hybridized carbons (Fsp3) is 0.208. The second-order valence-corrected chi connectivity index (χ2v) is 8.28. The maximum Gasteiger partial charge on any atom is 0.336 e. The van der Waals surface area contributed by atoms with Crippen molar-refractivity contribution in [3.63, 3.8) is 0 Å². The Labute approximate surface area is 189 Å². The van der Waals surface area contributed by atoms with Gasteiger partial charge in [-0.15, -0.1) is 0 Å². The van der Waals surface area contributed by atoms with Gasteiger partial charge in [-0.1, -0.05) is 54.2 Å². The van der Waals surface area contributed by atoms with E-state index in [0.29, 0.717) is 39.1 Å². The van der Waals surface area contributed by atoms with Crippen molar-refractivity contribution in [2.75, 3.05) is 11.9 Å². The van der Waals surface area contributed by atoms with E-state index < -0.39 is 11.9 Å². The summed E-state index contributed by atoms with van der Waals surface area (Å²) < 4.78 is 5.27. The third kappa shape index (κ3) is 4.40. The minimum atomic E-state index is -0.671. The summed E-state index contributed by atoms with van der Waals surface area (Å²) in [6.07, 6.45) is 0. The molecule has 1 aromatic heterocycles. The lowest BCUT2D eigenvalue weighted by atomic mass is 9.82. The zero-order valence-corrected chi connectivity index (χ0v) is 18.5. The van der Waals surface area contributed by atoms with Crippen molar-refractivity contribution in [2.24, 2.45) is 0 Å². The molecule has 0 saturated carbocycles. The van der Waals surface area contributed by atoms with Crippen molar-refractivity contribution in [3.05, 3.63) is 92.9 Å². The van der Waals surface area contributed by atoms with Crippen LogP contribution >= 0.6 is 11.8 Å². The number of rotatable bonds is 6. The van der Waals surface area contributed by atoms with Crippen molar-refractivity contribution in [2.45, 2.75) is 30.7 Å². The molecule has 0 fully saturated rings. The summed E-state index contributed by atoms with van der Waals surface area (Å²) in [4.78, 5) is 33.5. The van der Waals surface area contributed by atoms with Crippen LogP contribution in [0, 0.1) is 0 Å². The molecule has 0 radical (unpaired) electrons. The number of aromatic nitrogens is 2. The SMILES string of the molecule is CCOC(=O)C1=C(C)Nc2nc(SCc3ccccc3)[nH]c(=O)c2C1c1ccc(O)cc1. The van der Waals surface area contributed by atoms with Crippen LogP contribution in [0.1, 0.15) is 36.5 Å². The van der Waals surface area contributed by atoms with Gasteiger partial charge in [0.25, 0.3) is 5.56 Å². The first-order chi connectivity index (χ1) is 15.5. The number of aromatic hydroxyl groups is 1. The van der Waals surface area contributed by atoms with E-state index in [-0.39, 0.29) is 17.9 Å². The van der Waals surface area contributed by atoms with Crippen molar-refractivity contribution >= 4 is 23.5 Å². The number of hydrogen-bond donors (Lipinski definition) is 3. The highest BCUT2D eigenvalue weighted by atomic mass is 32.2. The summed E-state index contributed by atoms with van der Waals surface area (Å²) in [5.74, 6) is -0.000236. The fourth-order valence-corrected chi connectivity index (χ4v) is 4.52. The molecule has 3 N–H and O–H groups in total. The molecule has 1 atom stereocenters. The molecule has 7 nitrogen and oxygen atoms in total. The fourth-order valence-electron chi connectivity index (χ4n) is 3.70. The number of carbonyl (C=O) groups is 1. The maximum atomic E-state index is 13.2. The van der Waals surface area contributed by atoms with Gasteiger partial charge in [0.05, 0.1) is 23.7 Å². The number of anilines is 1. The molecule has 32 heavy (non-hydrogen) atoms. The molecule has 0 amide bonds. The van der Waals surface area contributed by atoms with Crippen LogP contribution in [-0.4, -0.2) is 27.7 Å². The Morgan fingerprint density at radius 2 is 1.88 bits per heavy atom. The number of hydrogen-bond acceptors (Lipinski definition) is 7. The third-order valence-corrected chi connectivity index (χ3v) is 6.11. The highest BCUT2D eigenvalue weighted by molar-refractivity contribution is 7.98. The minimum Gasteiger partial charge on any atom is -0.508 e. The first-order valence-electron chi connectivity index (χ1n) is 10.2. The van der Waals surface area contributed by atoms with Crippen LogP contribution in [0.3, 0.4) is 0 Å². The van der Waals surface area contributed by atoms with Crippen LogP contribution in [0.25, 0.3) is 0 Å². The molecule has 164 valence electrons. The Morgan fingerprint density at radius 1 is 1.16 bits per heavy atom. The van der Waals surface area contributed by atoms with Crippen LogP contribution in [0.2, 0.25) is 0 Å². The molecule has 0 saturated heterocycles. The van der Waals surface area contributed by atoms with E-state index in [1.807, 2.05) is 30.3 Å². The summed E-state index contributed by atoms with van der Waals surface area (Å²) in [5, 5.41) is 13.3. The van der Waals surface area contributed by atoms with Crippen molar-refractivity contribution in [1.82, 2.24) is 9.97 Å². The lowest BCUT2D eigenvalue weighted by molar-refractivity contribution is -0.138. The Hall–Kier alpha value is -3.52. The van der Waals surface area contributed by atoms with E-state index in [9.17, 15) is 14.7 Å². The van der Waals surface area contributed by atoms with Gasteiger partial charge in [0, 0.05) is 11.4 Å². The summed E-state index contributed by atoms with van der Waals surface area (Å²) in [7, 11) is 0. The van der Waals surface area contributed by atoms with Gasteiger partial charge in [0.1, 0.15) is 11.6 Å². The van der Waals surface area contributed by atoms with Gasteiger partial charge >= 0.3 is 5.97 Å². The molecule has 2 heterocycles. The van der Waals surface area contributed by atoms with Crippen LogP contribution < -0.4 is 10.9 Å². The molecule has 3 aromatic rings. The predicted molar refractivity (Wildman–Crippen MR) is 124 cm³/mol. The monoisotopic (exact) mass is 449 g/mol. The smallest absolute Gasteiger partial charge is 0.336 e. The van der Waals surface area contributed by atoms with Gasteiger partial charge in [-0.3, -0.25) is 4.79 Å². The number of nitrogens with zero attached hydrogens (tertiary/aromatic N) is 1. The van der Waals surface area contributed by atoms with Crippen molar-refractivity contribution < 1.29 is 14.6 Å². The second kappa shape index (κ2) is 9.32. The van der Waals surface area contributed by atoms with Crippen LogP contribution in [0.15, 0.2) is 75.8 Å². The number of benzene rings is 2. The number of esters is 1. The number of phenols is 1. The third-order valence-electron chi connectivity index (χ3n) is 5.16. The van der Waals surface area contributed by atoms with Gasteiger partial charge in [-0.25, -0.2) is 9.78 Å². The molecular weight excluding hydrogens is 426 g/mol. The van der Waals surface area contributed by atoms with Gasteiger partial charge in [0.15, 0.2) is 5.16 Å². The summed E-state index contributed by atoms with van der Waals surface area (Å²) in [6.45, 7) is 3.72. The summed E-state index contributed by atoms with van der Waals surface area (Å²) in [6, 6.07) is 16.4. The van der Waals surface area contributed by atoms with E-state index in [2.05, 4.69) is 15.3 Å².